The van der Waals surface area contributed by atoms with Crippen LogP contribution in [-0.4, -0.2) is 37.0 Å². The molecule has 0 saturated heterocycles. The molecule has 0 bridgehead atoms. The average molecular weight is 345 g/mol. The molecule has 134 valence electrons. The summed E-state index contributed by atoms with van der Waals surface area (Å²) in [6.07, 6.45) is 6.63. The van der Waals surface area contributed by atoms with Crippen molar-refractivity contribution < 1.29 is 9.90 Å². The van der Waals surface area contributed by atoms with Gasteiger partial charge < -0.3 is 20.4 Å². The van der Waals surface area contributed by atoms with Crippen LogP contribution in [0.1, 0.15) is 55.3 Å². The molecule has 1 amide bonds. The molecule has 1 aliphatic rings. The second-order valence-corrected chi connectivity index (χ2v) is 6.59. The van der Waals surface area contributed by atoms with Crippen LogP contribution in [-0.2, 0) is 0 Å². The number of carbonyl (C=O) groups is 1. The van der Waals surface area contributed by atoms with Gasteiger partial charge in [0.25, 0.3) is 11.5 Å². The molecule has 4 N–H and O–H groups in total. The van der Waals surface area contributed by atoms with Gasteiger partial charge >= 0.3 is 0 Å². The molecule has 0 unspecified atom stereocenters. The Kier molecular flexibility index (Phi) is 4.87. The smallest absolute Gasteiger partial charge is 0.294 e. The number of nitrogens with one attached hydrogen (secondary N) is 3. The van der Waals surface area contributed by atoms with Crippen LogP contribution in [0.2, 0.25) is 0 Å². The van der Waals surface area contributed by atoms with Crippen LogP contribution in [0.25, 0.3) is 11.5 Å². The number of amides is 1. The van der Waals surface area contributed by atoms with Gasteiger partial charge in [-0.3, -0.25) is 9.59 Å². The Bertz CT molecular complexity index is 818. The van der Waals surface area contributed by atoms with Crippen molar-refractivity contribution in [1.82, 2.24) is 25.3 Å². The number of nitrogens with zero attached hydrogens (tertiary/aromatic N) is 2. The Hall–Kier alpha value is -2.64. The Balaban J connectivity index is 1.80. The third-order valence-corrected chi connectivity index (χ3v) is 4.83. The third-order valence-electron chi connectivity index (χ3n) is 4.83. The van der Waals surface area contributed by atoms with E-state index >= 15 is 0 Å². The molecule has 2 aromatic rings. The quantitative estimate of drug-likeness (QED) is 0.673. The van der Waals surface area contributed by atoms with Crippen molar-refractivity contribution in [2.24, 2.45) is 5.92 Å². The van der Waals surface area contributed by atoms with Crippen molar-refractivity contribution in [1.29, 1.82) is 0 Å². The minimum atomic E-state index is -0.753. The number of aromatic nitrogens is 4. The number of aryl methyl sites for hydroxylation is 1. The molecular weight excluding hydrogens is 322 g/mol. The fourth-order valence-corrected chi connectivity index (χ4v) is 3.26. The van der Waals surface area contributed by atoms with E-state index in [4.69, 9.17) is 0 Å². The molecule has 1 fully saturated rings. The van der Waals surface area contributed by atoms with Gasteiger partial charge in [0.1, 0.15) is 11.5 Å². The molecule has 1 aliphatic carbocycles. The fraction of sp³-hybridized carbons (Fsp3) is 0.529. The van der Waals surface area contributed by atoms with E-state index in [1.165, 1.54) is 6.20 Å². The fourth-order valence-electron chi connectivity index (χ4n) is 3.26. The number of rotatable bonds is 4. The lowest BCUT2D eigenvalue weighted by molar-refractivity contribution is 0.0913. The Morgan fingerprint density at radius 1 is 1.32 bits per heavy atom. The van der Waals surface area contributed by atoms with E-state index in [1.807, 2.05) is 0 Å². The normalized spacial score (nSPS) is 20.4. The Morgan fingerprint density at radius 3 is 2.64 bits per heavy atom. The SMILES string of the molecule is CCC1CCC(NC(=O)c2nc(-c3cnc(C)[nH]3)[nH]c(=O)c2O)CC1. The van der Waals surface area contributed by atoms with E-state index < -0.39 is 17.2 Å². The van der Waals surface area contributed by atoms with Crippen LogP contribution in [0.3, 0.4) is 0 Å². The highest BCUT2D eigenvalue weighted by Gasteiger charge is 2.25. The van der Waals surface area contributed by atoms with Crippen LogP contribution < -0.4 is 10.9 Å². The van der Waals surface area contributed by atoms with Crippen LogP contribution in [0.5, 0.6) is 5.75 Å². The summed E-state index contributed by atoms with van der Waals surface area (Å²) in [5.41, 5.74) is -0.534. The molecular formula is C17H23N5O3. The Morgan fingerprint density at radius 2 is 2.04 bits per heavy atom. The van der Waals surface area contributed by atoms with Gasteiger partial charge in [0.2, 0.25) is 5.75 Å². The van der Waals surface area contributed by atoms with Crippen LogP contribution in [0, 0.1) is 12.8 Å². The predicted molar refractivity (Wildman–Crippen MR) is 92.3 cm³/mol. The Labute approximate surface area is 145 Å². The second kappa shape index (κ2) is 7.08. The monoisotopic (exact) mass is 345 g/mol. The molecule has 0 aliphatic heterocycles. The van der Waals surface area contributed by atoms with Gasteiger partial charge in [0, 0.05) is 6.04 Å². The van der Waals surface area contributed by atoms with Gasteiger partial charge in [-0.15, -0.1) is 0 Å². The van der Waals surface area contributed by atoms with Gasteiger partial charge in [-0.25, -0.2) is 9.97 Å². The van der Waals surface area contributed by atoms with Gasteiger partial charge in [0.15, 0.2) is 11.5 Å². The number of carbonyl (C=O) groups excluding carboxylic acids is 1. The highest BCUT2D eigenvalue weighted by molar-refractivity contribution is 5.95. The van der Waals surface area contributed by atoms with Gasteiger partial charge in [-0.1, -0.05) is 13.3 Å². The molecule has 3 rings (SSSR count). The zero-order valence-electron chi connectivity index (χ0n) is 14.4. The number of imidazole rings is 1. The molecule has 8 nitrogen and oxygen atoms in total. The zero-order valence-corrected chi connectivity index (χ0v) is 14.4. The van der Waals surface area contributed by atoms with Crippen LogP contribution >= 0.6 is 0 Å². The van der Waals surface area contributed by atoms with Gasteiger partial charge in [-0.05, 0) is 38.5 Å². The lowest BCUT2D eigenvalue weighted by atomic mass is 9.84. The third kappa shape index (κ3) is 3.72. The van der Waals surface area contributed by atoms with Crippen molar-refractivity contribution in [2.45, 2.75) is 52.0 Å². The number of hydrogen-bond donors (Lipinski definition) is 4. The molecule has 8 heteroatoms. The lowest BCUT2D eigenvalue weighted by Gasteiger charge is -2.28. The molecule has 1 saturated carbocycles. The minimum absolute atomic E-state index is 0.0497. The first-order chi connectivity index (χ1) is 12.0. The van der Waals surface area contributed by atoms with E-state index in [0.29, 0.717) is 11.5 Å². The molecule has 0 radical (unpaired) electrons. The predicted octanol–water partition coefficient (Wildman–Crippen LogP) is 1.87. The van der Waals surface area contributed by atoms with Gasteiger partial charge in [0.05, 0.1) is 6.20 Å². The summed E-state index contributed by atoms with van der Waals surface area (Å²) >= 11 is 0. The molecule has 2 aromatic heterocycles. The highest BCUT2D eigenvalue weighted by atomic mass is 16.3. The number of H-pyrrole nitrogens is 2. The standard InChI is InChI=1S/C17H23N5O3/c1-3-10-4-6-11(7-5-10)20-16(24)13-14(23)17(25)22-15(21-13)12-8-18-9(2)19-12/h8,10-11,23H,3-7H2,1-2H3,(H,18,19)(H,20,24)(H,21,22,25). The van der Waals surface area contributed by atoms with Crippen molar-refractivity contribution in [3.8, 4) is 17.3 Å². The lowest BCUT2D eigenvalue weighted by Crippen LogP contribution is -2.38. The first-order valence-electron chi connectivity index (χ1n) is 8.64. The molecule has 25 heavy (non-hydrogen) atoms. The largest absolute Gasteiger partial charge is 0.501 e. The summed E-state index contributed by atoms with van der Waals surface area (Å²) in [4.78, 5) is 38.0. The average Bonchev–Trinajstić information content (AvgIpc) is 3.04. The molecule has 0 spiro atoms. The van der Waals surface area contributed by atoms with E-state index in [9.17, 15) is 14.7 Å². The summed E-state index contributed by atoms with van der Waals surface area (Å²) in [5, 5.41) is 12.9. The maximum Gasteiger partial charge on any atom is 0.294 e. The van der Waals surface area contributed by atoms with Crippen molar-refractivity contribution >= 4 is 5.91 Å². The van der Waals surface area contributed by atoms with Crippen LogP contribution in [0.15, 0.2) is 11.0 Å². The van der Waals surface area contributed by atoms with E-state index in [2.05, 4.69) is 32.2 Å². The highest BCUT2D eigenvalue weighted by Crippen LogP contribution is 2.26. The zero-order chi connectivity index (χ0) is 18.0. The summed E-state index contributed by atoms with van der Waals surface area (Å²) in [5.74, 6) is 0.350. The number of aromatic amines is 2. The van der Waals surface area contributed by atoms with Crippen molar-refractivity contribution in [3.63, 3.8) is 0 Å². The number of hydrogen-bond acceptors (Lipinski definition) is 5. The molecule has 2 heterocycles. The maximum absolute atomic E-state index is 12.5. The summed E-state index contributed by atoms with van der Waals surface area (Å²) in [6.45, 7) is 3.95. The van der Waals surface area contributed by atoms with Gasteiger partial charge in [-0.2, -0.15) is 0 Å². The maximum atomic E-state index is 12.5. The minimum Gasteiger partial charge on any atom is -0.501 e. The number of aromatic hydroxyl groups is 1. The van der Waals surface area contributed by atoms with Crippen LogP contribution in [0.4, 0.5) is 0 Å². The second-order valence-electron chi connectivity index (χ2n) is 6.59. The van der Waals surface area contributed by atoms with Crippen molar-refractivity contribution in [3.05, 3.63) is 28.1 Å². The summed E-state index contributed by atoms with van der Waals surface area (Å²) in [7, 11) is 0. The first-order valence-corrected chi connectivity index (χ1v) is 8.64. The molecule has 0 aromatic carbocycles. The summed E-state index contributed by atoms with van der Waals surface area (Å²) in [6, 6.07) is 0.0497. The first kappa shape index (κ1) is 17.2. The molecule has 0 atom stereocenters. The van der Waals surface area contributed by atoms with Crippen molar-refractivity contribution in [2.75, 3.05) is 0 Å². The van der Waals surface area contributed by atoms with E-state index in [1.54, 1.807) is 6.92 Å². The topological polar surface area (TPSA) is 124 Å². The van der Waals surface area contributed by atoms with E-state index in [-0.39, 0.29) is 17.6 Å². The summed E-state index contributed by atoms with van der Waals surface area (Å²) < 4.78 is 0. The van der Waals surface area contributed by atoms with E-state index in [0.717, 1.165) is 38.0 Å².